The molecule has 0 unspecified atom stereocenters. The van der Waals surface area contributed by atoms with Gasteiger partial charge in [-0.25, -0.2) is 11.6 Å². The third-order valence-corrected chi connectivity index (χ3v) is 4.77. The molecule has 0 saturated heterocycles. The van der Waals surface area contributed by atoms with Crippen LogP contribution in [0.2, 0.25) is 5.02 Å². The number of imidazole rings is 1. The summed E-state index contributed by atoms with van der Waals surface area (Å²) < 4.78 is 1.66. The second-order valence-corrected chi connectivity index (χ2v) is 7.22. The number of aromatic nitrogens is 2. The average molecular weight is 410 g/mol. The molecule has 0 spiro atoms. The van der Waals surface area contributed by atoms with Gasteiger partial charge in [-0.05, 0) is 44.3 Å². The fraction of sp³-hybridized carbons (Fsp3) is 0.238. The summed E-state index contributed by atoms with van der Waals surface area (Å²) in [5.41, 5.74) is 2.54. The van der Waals surface area contributed by atoms with Crippen molar-refractivity contribution in [2.45, 2.75) is 6.42 Å². The lowest BCUT2D eigenvalue weighted by atomic mass is 10.0. The minimum atomic E-state index is -0.357. The molecule has 0 fully saturated rings. The van der Waals surface area contributed by atoms with Crippen LogP contribution < -0.4 is 5.32 Å². The van der Waals surface area contributed by atoms with Gasteiger partial charge in [0.15, 0.2) is 0 Å². The van der Waals surface area contributed by atoms with E-state index in [1.807, 2.05) is 19.0 Å². The van der Waals surface area contributed by atoms with E-state index in [1.54, 1.807) is 40.9 Å². The highest BCUT2D eigenvalue weighted by Gasteiger charge is 2.19. The molecule has 1 N–H and O–H groups in total. The quantitative estimate of drug-likeness (QED) is 0.479. The zero-order valence-corrected chi connectivity index (χ0v) is 16.9. The first-order valence-corrected chi connectivity index (χ1v) is 9.35. The van der Waals surface area contributed by atoms with Crippen LogP contribution in [-0.4, -0.2) is 53.2 Å². The topological polar surface area (TPSA) is 71.1 Å². The zero-order chi connectivity index (χ0) is 21.0. The van der Waals surface area contributed by atoms with E-state index in [0.29, 0.717) is 34.0 Å². The molecule has 29 heavy (non-hydrogen) atoms. The predicted molar refractivity (Wildman–Crippen MR) is 113 cm³/mol. The number of hydrogen-bond donors (Lipinski definition) is 1. The Morgan fingerprint density at radius 3 is 2.76 bits per heavy atom. The van der Waals surface area contributed by atoms with Crippen LogP contribution in [0.1, 0.15) is 26.4 Å². The Kier molecular flexibility index (Phi) is 6.27. The van der Waals surface area contributed by atoms with E-state index in [0.717, 1.165) is 12.1 Å². The van der Waals surface area contributed by atoms with Gasteiger partial charge < -0.3 is 15.1 Å². The van der Waals surface area contributed by atoms with Gasteiger partial charge in [0, 0.05) is 18.3 Å². The molecule has 3 aromatic rings. The molecule has 7 nitrogen and oxygen atoms in total. The summed E-state index contributed by atoms with van der Waals surface area (Å²) in [4.78, 5) is 34.7. The molecule has 1 amide bonds. The van der Waals surface area contributed by atoms with Crippen LogP contribution in [0, 0.1) is 6.57 Å². The van der Waals surface area contributed by atoms with Crippen molar-refractivity contribution in [3.8, 4) is 0 Å². The van der Waals surface area contributed by atoms with E-state index in [4.69, 9.17) is 18.2 Å². The highest BCUT2D eigenvalue weighted by Crippen LogP contribution is 2.22. The number of ketones is 1. The molecular formula is C21H20ClN5O2. The minimum absolute atomic E-state index is 0.217. The number of carbonyl (C=O) groups is 2. The van der Waals surface area contributed by atoms with Crippen LogP contribution in [0.3, 0.4) is 0 Å². The third kappa shape index (κ3) is 4.62. The Balaban J connectivity index is 2.00. The van der Waals surface area contributed by atoms with Crippen molar-refractivity contribution in [2.24, 2.45) is 0 Å². The van der Waals surface area contributed by atoms with E-state index < -0.39 is 0 Å². The van der Waals surface area contributed by atoms with Crippen LogP contribution in [0.4, 0.5) is 5.69 Å². The SMILES string of the molecule is [C-]#[N+]CC(=O)c1cc2ncc(C(=O)Nc3ccccc3Cl)n2cc1CCN(C)C. The van der Waals surface area contributed by atoms with Crippen LogP contribution in [0.5, 0.6) is 0 Å². The maximum absolute atomic E-state index is 12.8. The van der Waals surface area contributed by atoms with Gasteiger partial charge in [-0.2, -0.15) is 0 Å². The fourth-order valence-electron chi connectivity index (χ4n) is 2.94. The summed E-state index contributed by atoms with van der Waals surface area (Å²) in [6.07, 6.45) is 3.82. The van der Waals surface area contributed by atoms with Crippen LogP contribution in [0.15, 0.2) is 42.7 Å². The monoisotopic (exact) mass is 409 g/mol. The van der Waals surface area contributed by atoms with Gasteiger partial charge in [-0.15, -0.1) is 0 Å². The molecule has 2 aromatic heterocycles. The molecular weight excluding hydrogens is 390 g/mol. The van der Waals surface area contributed by atoms with E-state index in [1.165, 1.54) is 6.20 Å². The summed E-state index contributed by atoms with van der Waals surface area (Å²) in [5.74, 6) is -0.606. The van der Waals surface area contributed by atoms with Crippen LogP contribution in [0.25, 0.3) is 10.5 Å². The lowest BCUT2D eigenvalue weighted by molar-refractivity contribution is 0.100. The molecule has 0 aliphatic rings. The second kappa shape index (κ2) is 8.86. The molecule has 8 heteroatoms. The number of anilines is 1. The Bertz CT molecular complexity index is 1110. The highest BCUT2D eigenvalue weighted by atomic mass is 35.5. The maximum Gasteiger partial charge on any atom is 0.276 e. The number of fused-ring (bicyclic) bond motifs is 1. The molecule has 0 aliphatic carbocycles. The van der Waals surface area contributed by atoms with Crippen molar-refractivity contribution in [1.29, 1.82) is 0 Å². The Morgan fingerprint density at radius 1 is 1.31 bits per heavy atom. The van der Waals surface area contributed by atoms with Crippen molar-refractivity contribution in [2.75, 3.05) is 32.5 Å². The van der Waals surface area contributed by atoms with E-state index in [-0.39, 0.29) is 18.2 Å². The predicted octanol–water partition coefficient (Wildman–Crippen LogP) is 3.45. The number of amides is 1. The lowest BCUT2D eigenvalue weighted by Crippen LogP contribution is -2.19. The first-order chi connectivity index (χ1) is 13.9. The fourth-order valence-corrected chi connectivity index (χ4v) is 3.12. The Hall–Kier alpha value is -3.21. The van der Waals surface area contributed by atoms with E-state index >= 15 is 0 Å². The van der Waals surface area contributed by atoms with Crippen molar-refractivity contribution in [1.82, 2.24) is 14.3 Å². The summed E-state index contributed by atoms with van der Waals surface area (Å²) in [6, 6.07) is 8.62. The molecule has 1 aromatic carbocycles. The summed E-state index contributed by atoms with van der Waals surface area (Å²) >= 11 is 6.13. The molecule has 0 bridgehead atoms. The molecule has 0 aliphatic heterocycles. The molecule has 2 heterocycles. The van der Waals surface area contributed by atoms with Crippen molar-refractivity contribution >= 4 is 34.6 Å². The van der Waals surface area contributed by atoms with Crippen molar-refractivity contribution in [3.05, 3.63) is 76.0 Å². The number of pyridine rings is 1. The summed E-state index contributed by atoms with van der Waals surface area (Å²) in [7, 11) is 3.89. The first-order valence-electron chi connectivity index (χ1n) is 8.97. The van der Waals surface area contributed by atoms with Crippen LogP contribution in [-0.2, 0) is 6.42 Å². The number of Topliss-reactive ketones (excluding diaryl/α,β-unsaturated/α-hetero) is 1. The highest BCUT2D eigenvalue weighted by molar-refractivity contribution is 6.33. The molecule has 0 atom stereocenters. The number of para-hydroxylation sites is 1. The smallest absolute Gasteiger partial charge is 0.276 e. The second-order valence-electron chi connectivity index (χ2n) is 6.81. The van der Waals surface area contributed by atoms with Gasteiger partial charge in [0.1, 0.15) is 11.3 Å². The van der Waals surface area contributed by atoms with Gasteiger partial charge in [0.2, 0.25) is 5.78 Å². The average Bonchev–Trinajstić information content (AvgIpc) is 3.10. The number of carbonyl (C=O) groups excluding carboxylic acids is 2. The lowest BCUT2D eigenvalue weighted by Gasteiger charge is -2.13. The largest absolute Gasteiger partial charge is 0.319 e. The van der Waals surface area contributed by atoms with E-state index in [2.05, 4.69) is 15.1 Å². The number of rotatable bonds is 7. The van der Waals surface area contributed by atoms with E-state index in [9.17, 15) is 9.59 Å². The maximum atomic E-state index is 12.8. The van der Waals surface area contributed by atoms with Gasteiger partial charge >= 0.3 is 0 Å². The van der Waals surface area contributed by atoms with Gasteiger partial charge in [-0.1, -0.05) is 23.7 Å². The third-order valence-electron chi connectivity index (χ3n) is 4.44. The first kappa shape index (κ1) is 20.5. The number of nitrogens with zero attached hydrogens (tertiary/aromatic N) is 4. The number of benzene rings is 1. The van der Waals surface area contributed by atoms with Crippen LogP contribution >= 0.6 is 11.6 Å². The zero-order valence-electron chi connectivity index (χ0n) is 16.1. The van der Waals surface area contributed by atoms with Gasteiger partial charge in [0.25, 0.3) is 12.5 Å². The Labute approximate surface area is 173 Å². The summed E-state index contributed by atoms with van der Waals surface area (Å²) in [5, 5.41) is 3.22. The number of hydrogen-bond acceptors (Lipinski definition) is 4. The standard InChI is InChI=1S/C21H20ClN5O2/c1-23-12-19(28)15-10-20-24-11-18(27(20)13-14(15)8-9-26(2)3)21(29)25-17-7-5-4-6-16(17)22/h4-7,10-11,13H,8-9,12H2,2-3H3,(H,25,29). The number of halogens is 1. The number of likely N-dealkylation sites (N-methyl/N-ethyl adjacent to an activating group) is 1. The normalized spacial score (nSPS) is 10.9. The van der Waals surface area contributed by atoms with Crippen molar-refractivity contribution < 1.29 is 9.59 Å². The number of nitrogens with one attached hydrogen (secondary N) is 1. The molecule has 0 radical (unpaired) electrons. The summed E-state index contributed by atoms with van der Waals surface area (Å²) in [6.45, 7) is 7.49. The van der Waals surface area contributed by atoms with Gasteiger partial charge in [0.05, 0.1) is 16.9 Å². The molecule has 148 valence electrons. The Morgan fingerprint density at radius 2 is 2.07 bits per heavy atom. The molecule has 0 saturated carbocycles. The molecule has 3 rings (SSSR count). The minimum Gasteiger partial charge on any atom is -0.319 e. The van der Waals surface area contributed by atoms with Gasteiger partial charge in [-0.3, -0.25) is 14.0 Å². The van der Waals surface area contributed by atoms with Crippen molar-refractivity contribution in [3.63, 3.8) is 0 Å².